The van der Waals surface area contributed by atoms with Gasteiger partial charge in [-0.15, -0.1) is 0 Å². The zero-order chi connectivity index (χ0) is 18.0. The van der Waals surface area contributed by atoms with Crippen molar-refractivity contribution in [2.45, 2.75) is 45.9 Å². The van der Waals surface area contributed by atoms with Crippen molar-refractivity contribution in [1.82, 2.24) is 9.80 Å². The molecule has 1 amide bonds. The lowest BCUT2D eigenvalue weighted by molar-refractivity contribution is -0.148. The first-order valence-electron chi connectivity index (χ1n) is 9.44. The first kappa shape index (κ1) is 18.2. The van der Waals surface area contributed by atoms with E-state index in [4.69, 9.17) is 4.74 Å². The molecule has 0 aromatic heterocycles. The topological polar surface area (TPSA) is 36.0 Å². The molecule has 1 aromatic rings. The minimum absolute atomic E-state index is 0.0588. The number of para-hydroxylation sites is 1. The fourth-order valence-electron chi connectivity index (χ4n) is 4.05. The Hall–Kier alpha value is -1.59. The zero-order valence-corrected chi connectivity index (χ0v) is 15.9. The largest absolute Gasteiger partial charge is 0.372 e. The maximum absolute atomic E-state index is 12.9. The SMILES string of the molecule is Cc1ccccc1N1CCN([C@H](C)C(=O)N2C[C@H](C)O[C@@H](C)C2)CC1. The highest BCUT2D eigenvalue weighted by Crippen LogP contribution is 2.22. The van der Waals surface area contributed by atoms with Crippen LogP contribution in [0.1, 0.15) is 26.3 Å². The van der Waals surface area contributed by atoms with Crippen LogP contribution in [0, 0.1) is 6.92 Å². The summed E-state index contributed by atoms with van der Waals surface area (Å²) in [4.78, 5) is 19.6. The Balaban J connectivity index is 1.57. The number of ether oxygens (including phenoxy) is 1. The fraction of sp³-hybridized carbons (Fsp3) is 0.650. The van der Waals surface area contributed by atoms with Crippen LogP contribution in [0.4, 0.5) is 5.69 Å². The lowest BCUT2D eigenvalue weighted by atomic mass is 10.1. The predicted octanol–water partition coefficient (Wildman–Crippen LogP) is 2.14. The Bertz CT molecular complexity index is 588. The monoisotopic (exact) mass is 345 g/mol. The van der Waals surface area contributed by atoms with Crippen molar-refractivity contribution in [3.05, 3.63) is 29.8 Å². The molecule has 0 aliphatic carbocycles. The Morgan fingerprint density at radius 3 is 2.28 bits per heavy atom. The highest BCUT2D eigenvalue weighted by atomic mass is 16.5. The van der Waals surface area contributed by atoms with Crippen LogP contribution in [0.25, 0.3) is 0 Å². The van der Waals surface area contributed by atoms with Crippen LogP contribution in [-0.2, 0) is 9.53 Å². The fourth-order valence-corrected chi connectivity index (χ4v) is 4.05. The van der Waals surface area contributed by atoms with Crippen LogP contribution in [0.2, 0.25) is 0 Å². The quantitative estimate of drug-likeness (QED) is 0.841. The van der Waals surface area contributed by atoms with Gasteiger partial charge in [-0.2, -0.15) is 0 Å². The van der Waals surface area contributed by atoms with Crippen molar-refractivity contribution >= 4 is 11.6 Å². The number of benzene rings is 1. The van der Waals surface area contributed by atoms with Gasteiger partial charge in [-0.1, -0.05) is 18.2 Å². The van der Waals surface area contributed by atoms with Crippen molar-refractivity contribution in [1.29, 1.82) is 0 Å². The van der Waals surface area contributed by atoms with Gasteiger partial charge < -0.3 is 14.5 Å². The van der Waals surface area contributed by atoms with Gasteiger partial charge in [0.2, 0.25) is 5.91 Å². The number of carbonyl (C=O) groups excluding carboxylic acids is 1. The average Bonchev–Trinajstić information content (AvgIpc) is 2.60. The lowest BCUT2D eigenvalue weighted by Crippen LogP contribution is -2.57. The molecule has 138 valence electrons. The standard InChI is InChI=1S/C20H31N3O2/c1-15-7-5-6-8-19(15)22-11-9-21(10-12-22)18(4)20(24)23-13-16(2)25-17(3)14-23/h5-8,16-18H,9-14H2,1-4H3/t16-,17-,18+/m0/s1. The Morgan fingerprint density at radius 1 is 1.08 bits per heavy atom. The van der Waals surface area contributed by atoms with E-state index in [1.165, 1.54) is 11.3 Å². The summed E-state index contributed by atoms with van der Waals surface area (Å²) in [6, 6.07) is 8.48. The van der Waals surface area contributed by atoms with Crippen molar-refractivity contribution in [2.75, 3.05) is 44.2 Å². The van der Waals surface area contributed by atoms with Gasteiger partial charge in [0.05, 0.1) is 18.2 Å². The van der Waals surface area contributed by atoms with E-state index in [0.29, 0.717) is 13.1 Å². The molecule has 2 aliphatic heterocycles. The third-order valence-electron chi connectivity index (χ3n) is 5.41. The normalized spacial score (nSPS) is 26.6. The molecule has 5 nitrogen and oxygen atoms in total. The van der Waals surface area contributed by atoms with E-state index in [-0.39, 0.29) is 24.2 Å². The average molecular weight is 345 g/mol. The van der Waals surface area contributed by atoms with Gasteiger partial charge in [0.1, 0.15) is 0 Å². The van der Waals surface area contributed by atoms with Crippen LogP contribution in [0.15, 0.2) is 24.3 Å². The van der Waals surface area contributed by atoms with Crippen molar-refractivity contribution in [3.8, 4) is 0 Å². The Kier molecular flexibility index (Phi) is 5.64. The first-order chi connectivity index (χ1) is 12.0. The van der Waals surface area contributed by atoms with Crippen LogP contribution in [-0.4, -0.2) is 73.2 Å². The maximum atomic E-state index is 12.9. The number of anilines is 1. The summed E-state index contributed by atoms with van der Waals surface area (Å²) >= 11 is 0. The summed E-state index contributed by atoms with van der Waals surface area (Å²) in [5, 5.41) is 0. The van der Waals surface area contributed by atoms with Crippen LogP contribution in [0.5, 0.6) is 0 Å². The third kappa shape index (κ3) is 4.15. The second-order valence-electron chi connectivity index (χ2n) is 7.49. The van der Waals surface area contributed by atoms with E-state index in [2.05, 4.69) is 47.9 Å². The zero-order valence-electron chi connectivity index (χ0n) is 15.9. The second-order valence-corrected chi connectivity index (χ2v) is 7.49. The van der Waals surface area contributed by atoms with Crippen LogP contribution in [0.3, 0.4) is 0 Å². The molecule has 0 saturated carbocycles. The molecule has 0 spiro atoms. The molecule has 25 heavy (non-hydrogen) atoms. The third-order valence-corrected chi connectivity index (χ3v) is 5.41. The molecular weight excluding hydrogens is 314 g/mol. The van der Waals surface area contributed by atoms with Crippen LogP contribution >= 0.6 is 0 Å². The minimum Gasteiger partial charge on any atom is -0.372 e. The molecule has 0 N–H and O–H groups in total. The minimum atomic E-state index is -0.0588. The molecule has 2 aliphatic rings. The molecule has 2 saturated heterocycles. The summed E-state index contributed by atoms with van der Waals surface area (Å²) in [6.07, 6.45) is 0.246. The number of nitrogens with zero attached hydrogens (tertiary/aromatic N) is 3. The number of hydrogen-bond acceptors (Lipinski definition) is 4. The van der Waals surface area contributed by atoms with E-state index >= 15 is 0 Å². The Morgan fingerprint density at radius 2 is 1.68 bits per heavy atom. The molecule has 0 bridgehead atoms. The van der Waals surface area contributed by atoms with Gasteiger partial charge in [-0.05, 0) is 39.3 Å². The Labute approximate surface area is 151 Å². The molecule has 3 atom stereocenters. The van der Waals surface area contributed by atoms with Gasteiger partial charge in [0, 0.05) is 45.0 Å². The summed E-state index contributed by atoms with van der Waals surface area (Å²) in [6.45, 7) is 13.5. The number of piperazine rings is 1. The molecule has 2 heterocycles. The molecule has 1 aromatic carbocycles. The summed E-state index contributed by atoms with van der Waals surface area (Å²) in [7, 11) is 0. The van der Waals surface area contributed by atoms with E-state index in [9.17, 15) is 4.79 Å². The van der Waals surface area contributed by atoms with Crippen molar-refractivity contribution < 1.29 is 9.53 Å². The van der Waals surface area contributed by atoms with Gasteiger partial charge in [0.15, 0.2) is 0 Å². The molecule has 0 unspecified atom stereocenters. The summed E-state index contributed by atoms with van der Waals surface area (Å²) in [5.41, 5.74) is 2.63. The van der Waals surface area contributed by atoms with Crippen molar-refractivity contribution in [2.24, 2.45) is 0 Å². The first-order valence-corrected chi connectivity index (χ1v) is 9.44. The molecule has 0 radical (unpaired) electrons. The highest BCUT2D eigenvalue weighted by Gasteiger charge is 2.32. The van der Waals surface area contributed by atoms with E-state index in [1.807, 2.05) is 18.7 Å². The maximum Gasteiger partial charge on any atom is 0.239 e. The van der Waals surface area contributed by atoms with Crippen molar-refractivity contribution in [3.63, 3.8) is 0 Å². The molecule has 2 fully saturated rings. The number of hydrogen-bond donors (Lipinski definition) is 0. The molecule has 5 heteroatoms. The number of aryl methyl sites for hydroxylation is 1. The van der Waals surface area contributed by atoms with E-state index in [1.54, 1.807) is 0 Å². The number of carbonyl (C=O) groups is 1. The predicted molar refractivity (Wildman–Crippen MR) is 101 cm³/mol. The second kappa shape index (κ2) is 7.75. The number of amides is 1. The number of rotatable bonds is 3. The van der Waals surface area contributed by atoms with Gasteiger partial charge >= 0.3 is 0 Å². The van der Waals surface area contributed by atoms with E-state index < -0.39 is 0 Å². The lowest BCUT2D eigenvalue weighted by Gasteiger charge is -2.42. The smallest absolute Gasteiger partial charge is 0.239 e. The van der Waals surface area contributed by atoms with Gasteiger partial charge in [0.25, 0.3) is 0 Å². The van der Waals surface area contributed by atoms with Crippen LogP contribution < -0.4 is 4.90 Å². The highest BCUT2D eigenvalue weighted by molar-refractivity contribution is 5.81. The molecule has 3 rings (SSSR count). The van der Waals surface area contributed by atoms with E-state index in [0.717, 1.165) is 26.2 Å². The molecular formula is C20H31N3O2. The summed E-state index contributed by atoms with van der Waals surface area (Å²) in [5.74, 6) is 0.242. The summed E-state index contributed by atoms with van der Waals surface area (Å²) < 4.78 is 5.75. The van der Waals surface area contributed by atoms with Gasteiger partial charge in [-0.25, -0.2) is 0 Å². The number of morpholine rings is 1. The van der Waals surface area contributed by atoms with Gasteiger partial charge in [-0.3, -0.25) is 9.69 Å².